The summed E-state index contributed by atoms with van der Waals surface area (Å²) in [5.74, 6) is -0.298. The lowest BCUT2D eigenvalue weighted by molar-refractivity contribution is -0.136. The van der Waals surface area contributed by atoms with Crippen molar-refractivity contribution in [3.05, 3.63) is 71.0 Å². The first kappa shape index (κ1) is 20.8. The molecule has 2 aromatic carbocycles. The topological polar surface area (TPSA) is 127 Å². The van der Waals surface area contributed by atoms with Gasteiger partial charge in [-0.1, -0.05) is 17.3 Å². The lowest BCUT2D eigenvalue weighted by Gasteiger charge is -2.29. The number of amides is 3. The third-order valence-corrected chi connectivity index (χ3v) is 5.81. The summed E-state index contributed by atoms with van der Waals surface area (Å²) in [7, 11) is 0. The molecule has 1 fully saturated rings. The molecular weight excluding hydrogens is 426 g/mol. The third kappa shape index (κ3) is 4.08. The zero-order valence-corrected chi connectivity index (χ0v) is 17.6. The SMILES string of the molecule is O=C1CCC(N2Cc3cc(-n4cc(COc5ccc(CO)cc5)nn4)ccc3C2=O)C(=O)N1. The van der Waals surface area contributed by atoms with Crippen LogP contribution in [0.1, 0.15) is 40.0 Å². The molecule has 1 atom stereocenters. The maximum absolute atomic E-state index is 12.8. The highest BCUT2D eigenvalue weighted by atomic mass is 16.5. The first-order valence-corrected chi connectivity index (χ1v) is 10.5. The van der Waals surface area contributed by atoms with E-state index in [0.29, 0.717) is 30.0 Å². The van der Waals surface area contributed by atoms with E-state index in [1.54, 1.807) is 47.3 Å². The molecule has 5 rings (SSSR count). The fraction of sp³-hybridized carbons (Fsp3) is 0.261. The molecule has 3 heterocycles. The molecular formula is C23H21N5O5. The van der Waals surface area contributed by atoms with Gasteiger partial charge in [-0.05, 0) is 47.9 Å². The van der Waals surface area contributed by atoms with Crippen LogP contribution >= 0.6 is 0 Å². The second kappa shape index (κ2) is 8.47. The standard InChI is InChI=1S/C23H21N5O5/c29-12-14-1-4-18(5-2-14)33-13-16-11-28(26-25-16)17-3-6-19-15(9-17)10-27(23(19)32)20-7-8-21(30)24-22(20)31/h1-6,9,11,20,29H,7-8,10,12-13H2,(H,24,30,31). The van der Waals surface area contributed by atoms with Crippen molar-refractivity contribution < 1.29 is 24.2 Å². The zero-order chi connectivity index (χ0) is 22.9. The summed E-state index contributed by atoms with van der Waals surface area (Å²) < 4.78 is 7.32. The molecule has 10 heteroatoms. The summed E-state index contributed by atoms with van der Waals surface area (Å²) in [5, 5.41) is 19.7. The zero-order valence-electron chi connectivity index (χ0n) is 17.6. The Bertz CT molecular complexity index is 1240. The van der Waals surface area contributed by atoms with E-state index in [9.17, 15) is 14.4 Å². The van der Waals surface area contributed by atoms with E-state index >= 15 is 0 Å². The van der Waals surface area contributed by atoms with Gasteiger partial charge in [-0.2, -0.15) is 0 Å². The fourth-order valence-electron chi connectivity index (χ4n) is 4.04. The molecule has 2 aliphatic heterocycles. The lowest BCUT2D eigenvalue weighted by Crippen LogP contribution is -2.52. The van der Waals surface area contributed by atoms with Crippen LogP contribution in [-0.2, 0) is 29.3 Å². The van der Waals surface area contributed by atoms with E-state index in [1.165, 1.54) is 4.90 Å². The van der Waals surface area contributed by atoms with Gasteiger partial charge in [0.05, 0.1) is 18.5 Å². The molecule has 3 aromatic rings. The van der Waals surface area contributed by atoms with Crippen LogP contribution in [-0.4, -0.2) is 48.8 Å². The quantitative estimate of drug-likeness (QED) is 0.542. The number of carbonyl (C=O) groups is 3. The van der Waals surface area contributed by atoms with Crippen LogP contribution in [0.25, 0.3) is 5.69 Å². The summed E-state index contributed by atoms with van der Waals surface area (Å²) >= 11 is 0. The summed E-state index contributed by atoms with van der Waals surface area (Å²) in [6, 6.07) is 11.8. The first-order valence-electron chi connectivity index (χ1n) is 10.5. The number of rotatable bonds is 6. The van der Waals surface area contributed by atoms with Gasteiger partial charge in [-0.25, -0.2) is 4.68 Å². The Labute approximate surface area is 188 Å². The molecule has 0 saturated carbocycles. The van der Waals surface area contributed by atoms with Crippen molar-refractivity contribution in [3.8, 4) is 11.4 Å². The Balaban J connectivity index is 1.28. The third-order valence-electron chi connectivity index (χ3n) is 5.81. The maximum Gasteiger partial charge on any atom is 0.255 e. The van der Waals surface area contributed by atoms with Crippen molar-refractivity contribution in [2.24, 2.45) is 0 Å². The van der Waals surface area contributed by atoms with Crippen LogP contribution in [0.4, 0.5) is 0 Å². The van der Waals surface area contributed by atoms with Crippen LogP contribution in [0, 0.1) is 0 Å². The van der Waals surface area contributed by atoms with Gasteiger partial charge in [0.2, 0.25) is 11.8 Å². The van der Waals surface area contributed by atoms with Gasteiger partial charge in [0, 0.05) is 18.5 Å². The maximum atomic E-state index is 12.8. The molecule has 168 valence electrons. The minimum atomic E-state index is -0.646. The molecule has 3 amide bonds. The monoisotopic (exact) mass is 447 g/mol. The number of aliphatic hydroxyl groups is 1. The molecule has 33 heavy (non-hydrogen) atoms. The molecule has 0 aliphatic carbocycles. The fourth-order valence-corrected chi connectivity index (χ4v) is 4.04. The molecule has 10 nitrogen and oxygen atoms in total. The number of nitrogens with one attached hydrogen (secondary N) is 1. The predicted molar refractivity (Wildman–Crippen MR) is 114 cm³/mol. The van der Waals surface area contributed by atoms with E-state index in [-0.39, 0.29) is 31.4 Å². The van der Waals surface area contributed by atoms with Gasteiger partial charge in [0.15, 0.2) is 0 Å². The minimum Gasteiger partial charge on any atom is -0.487 e. The summed E-state index contributed by atoms with van der Waals surface area (Å²) in [4.78, 5) is 38.0. The van der Waals surface area contributed by atoms with Crippen LogP contribution < -0.4 is 10.1 Å². The summed E-state index contributed by atoms with van der Waals surface area (Å²) in [5.41, 5.74) is 3.50. The van der Waals surface area contributed by atoms with Gasteiger partial charge in [0.1, 0.15) is 24.1 Å². The number of piperidine rings is 1. The Morgan fingerprint density at radius 2 is 1.94 bits per heavy atom. The normalized spacial score (nSPS) is 17.8. The molecule has 1 unspecified atom stereocenters. The van der Waals surface area contributed by atoms with E-state index in [0.717, 1.165) is 16.8 Å². The van der Waals surface area contributed by atoms with Gasteiger partial charge < -0.3 is 14.7 Å². The van der Waals surface area contributed by atoms with Crippen LogP contribution in [0.15, 0.2) is 48.7 Å². The number of benzene rings is 2. The molecule has 2 aliphatic rings. The first-order chi connectivity index (χ1) is 16.0. The number of hydrogen-bond donors (Lipinski definition) is 2. The van der Waals surface area contributed by atoms with Gasteiger partial charge in [-0.15, -0.1) is 5.10 Å². The second-order valence-electron chi connectivity index (χ2n) is 7.99. The van der Waals surface area contributed by atoms with E-state index < -0.39 is 11.9 Å². The Morgan fingerprint density at radius 1 is 1.12 bits per heavy atom. The van der Waals surface area contributed by atoms with E-state index in [4.69, 9.17) is 9.84 Å². The van der Waals surface area contributed by atoms with Crippen molar-refractivity contribution in [1.82, 2.24) is 25.2 Å². The highest BCUT2D eigenvalue weighted by Gasteiger charge is 2.39. The van der Waals surface area contributed by atoms with Gasteiger partial charge >= 0.3 is 0 Å². The number of carbonyl (C=O) groups excluding carboxylic acids is 3. The largest absolute Gasteiger partial charge is 0.487 e. The average molecular weight is 447 g/mol. The Morgan fingerprint density at radius 3 is 2.70 bits per heavy atom. The number of aliphatic hydroxyl groups excluding tert-OH is 1. The van der Waals surface area contributed by atoms with E-state index in [2.05, 4.69) is 15.6 Å². The number of fused-ring (bicyclic) bond motifs is 1. The van der Waals surface area contributed by atoms with Gasteiger partial charge in [0.25, 0.3) is 5.91 Å². The average Bonchev–Trinajstić information content (AvgIpc) is 3.43. The van der Waals surface area contributed by atoms with Crippen molar-refractivity contribution in [2.45, 2.75) is 38.6 Å². The smallest absolute Gasteiger partial charge is 0.255 e. The number of aromatic nitrogens is 3. The second-order valence-corrected chi connectivity index (χ2v) is 7.99. The van der Waals surface area contributed by atoms with Crippen LogP contribution in [0.2, 0.25) is 0 Å². The molecule has 0 bridgehead atoms. The minimum absolute atomic E-state index is 0.0216. The molecule has 0 spiro atoms. The van der Waals surface area contributed by atoms with E-state index in [1.807, 2.05) is 6.07 Å². The molecule has 2 N–H and O–H groups in total. The van der Waals surface area contributed by atoms with Crippen molar-refractivity contribution in [3.63, 3.8) is 0 Å². The van der Waals surface area contributed by atoms with Crippen LogP contribution in [0.5, 0.6) is 5.75 Å². The highest BCUT2D eigenvalue weighted by Crippen LogP contribution is 2.29. The molecule has 0 radical (unpaired) electrons. The number of hydrogen-bond acceptors (Lipinski definition) is 7. The predicted octanol–water partition coefficient (Wildman–Crippen LogP) is 1.10. The van der Waals surface area contributed by atoms with Crippen molar-refractivity contribution in [2.75, 3.05) is 0 Å². The van der Waals surface area contributed by atoms with Crippen molar-refractivity contribution in [1.29, 1.82) is 0 Å². The highest BCUT2D eigenvalue weighted by molar-refractivity contribution is 6.05. The van der Waals surface area contributed by atoms with Crippen molar-refractivity contribution >= 4 is 17.7 Å². The number of ether oxygens (including phenoxy) is 1. The number of nitrogens with zero attached hydrogens (tertiary/aromatic N) is 4. The Kier molecular flexibility index (Phi) is 5.35. The lowest BCUT2D eigenvalue weighted by atomic mass is 10.0. The Hall–Kier alpha value is -4.05. The molecule has 1 aromatic heterocycles. The number of imide groups is 1. The summed E-state index contributed by atoms with van der Waals surface area (Å²) in [6.45, 7) is 0.500. The van der Waals surface area contributed by atoms with Gasteiger partial charge in [-0.3, -0.25) is 19.7 Å². The van der Waals surface area contributed by atoms with Crippen LogP contribution in [0.3, 0.4) is 0 Å². The summed E-state index contributed by atoms with van der Waals surface area (Å²) in [6.07, 6.45) is 2.29. The molecule has 1 saturated heterocycles.